The summed E-state index contributed by atoms with van der Waals surface area (Å²) in [6.45, 7) is 4.33. The predicted molar refractivity (Wildman–Crippen MR) is 115 cm³/mol. The molecule has 4 rings (SSSR count). The zero-order valence-corrected chi connectivity index (χ0v) is 18.1. The maximum absolute atomic E-state index is 13.0. The van der Waals surface area contributed by atoms with E-state index in [-0.39, 0.29) is 24.8 Å². The highest BCUT2D eigenvalue weighted by Crippen LogP contribution is 2.46. The van der Waals surface area contributed by atoms with E-state index in [1.807, 2.05) is 61.2 Å². The van der Waals surface area contributed by atoms with Crippen LogP contribution < -0.4 is 4.74 Å². The molecule has 0 saturated carbocycles. The number of carbonyl (C=O) groups excluding carboxylic acids is 1. The largest absolute Gasteiger partial charge is 0.497 e. The Hall–Kier alpha value is -2.53. The summed E-state index contributed by atoms with van der Waals surface area (Å²) in [6.07, 6.45) is 3.68. The van der Waals surface area contributed by atoms with E-state index in [0.29, 0.717) is 12.8 Å². The molecule has 2 aromatic rings. The van der Waals surface area contributed by atoms with Crippen molar-refractivity contribution in [2.24, 2.45) is 0 Å². The highest BCUT2D eigenvalue weighted by Gasteiger charge is 2.49. The van der Waals surface area contributed by atoms with Crippen molar-refractivity contribution >= 4 is 6.09 Å². The Balaban J connectivity index is 1.54. The Morgan fingerprint density at radius 3 is 2.27 bits per heavy atom. The molecule has 2 fully saturated rings. The molecule has 5 nitrogen and oxygen atoms in total. The van der Waals surface area contributed by atoms with Crippen LogP contribution >= 0.6 is 0 Å². The van der Waals surface area contributed by atoms with Crippen LogP contribution in [0.2, 0.25) is 0 Å². The molecular formula is C25H31NO4. The molecule has 0 aromatic heterocycles. The minimum atomic E-state index is -0.938. The van der Waals surface area contributed by atoms with Gasteiger partial charge in [-0.3, -0.25) is 0 Å². The van der Waals surface area contributed by atoms with Gasteiger partial charge >= 0.3 is 6.09 Å². The number of rotatable bonds is 4. The second-order valence-electron chi connectivity index (χ2n) is 8.76. The molecule has 0 spiro atoms. The van der Waals surface area contributed by atoms with E-state index in [1.165, 1.54) is 0 Å². The SMILES string of the molecule is COc1cc(C)c(C2(O)CC3CCCC(C2)N3C(=O)OCc2ccccc2)c(C)c1. The van der Waals surface area contributed by atoms with E-state index in [9.17, 15) is 9.90 Å². The van der Waals surface area contributed by atoms with Gasteiger partial charge in [0.2, 0.25) is 0 Å². The van der Waals surface area contributed by atoms with Crippen molar-refractivity contribution in [3.05, 3.63) is 64.7 Å². The number of carbonyl (C=O) groups is 1. The number of aryl methyl sites for hydroxylation is 2. The van der Waals surface area contributed by atoms with Crippen molar-refractivity contribution in [1.29, 1.82) is 0 Å². The van der Waals surface area contributed by atoms with Gasteiger partial charge in [-0.1, -0.05) is 30.3 Å². The van der Waals surface area contributed by atoms with Crippen LogP contribution in [0.4, 0.5) is 4.79 Å². The fraction of sp³-hybridized carbons (Fsp3) is 0.480. The Bertz CT molecular complexity index is 874. The average Bonchev–Trinajstić information content (AvgIpc) is 2.71. The highest BCUT2D eigenvalue weighted by molar-refractivity contribution is 5.69. The molecule has 2 saturated heterocycles. The summed E-state index contributed by atoms with van der Waals surface area (Å²) in [5.41, 5.74) is 3.10. The first-order valence-electron chi connectivity index (χ1n) is 10.8. The summed E-state index contributed by atoms with van der Waals surface area (Å²) in [6, 6.07) is 13.7. The number of hydrogen-bond acceptors (Lipinski definition) is 4. The third kappa shape index (κ3) is 3.91. The summed E-state index contributed by atoms with van der Waals surface area (Å²) in [4.78, 5) is 14.9. The van der Waals surface area contributed by atoms with Crippen LogP contribution in [0.3, 0.4) is 0 Å². The van der Waals surface area contributed by atoms with Crippen molar-refractivity contribution < 1.29 is 19.4 Å². The molecule has 2 aromatic carbocycles. The van der Waals surface area contributed by atoms with Crippen molar-refractivity contribution in [3.8, 4) is 5.75 Å². The number of amides is 1. The highest BCUT2D eigenvalue weighted by atomic mass is 16.6. The number of nitrogens with zero attached hydrogens (tertiary/aromatic N) is 1. The molecule has 2 heterocycles. The fourth-order valence-electron chi connectivity index (χ4n) is 5.50. The van der Waals surface area contributed by atoms with Crippen molar-refractivity contribution in [2.45, 2.75) is 70.2 Å². The molecular weight excluding hydrogens is 378 g/mol. The summed E-state index contributed by atoms with van der Waals surface area (Å²) in [7, 11) is 1.66. The van der Waals surface area contributed by atoms with E-state index in [0.717, 1.165) is 47.3 Å². The van der Waals surface area contributed by atoms with Gasteiger partial charge in [-0.2, -0.15) is 0 Å². The van der Waals surface area contributed by atoms with Crippen LogP contribution in [-0.2, 0) is 16.9 Å². The molecule has 2 bridgehead atoms. The average molecular weight is 410 g/mol. The summed E-state index contributed by atoms with van der Waals surface area (Å²) in [5, 5.41) is 11.8. The lowest BCUT2D eigenvalue weighted by Gasteiger charge is -2.52. The lowest BCUT2D eigenvalue weighted by Crippen LogP contribution is -2.59. The van der Waals surface area contributed by atoms with Gasteiger partial charge in [0.25, 0.3) is 0 Å². The van der Waals surface area contributed by atoms with E-state index in [1.54, 1.807) is 7.11 Å². The molecule has 2 atom stereocenters. The molecule has 2 aliphatic rings. The topological polar surface area (TPSA) is 59.0 Å². The van der Waals surface area contributed by atoms with Crippen LogP contribution in [0.15, 0.2) is 42.5 Å². The second-order valence-corrected chi connectivity index (χ2v) is 8.76. The van der Waals surface area contributed by atoms with Crippen LogP contribution in [0.1, 0.15) is 54.4 Å². The van der Waals surface area contributed by atoms with E-state index in [2.05, 4.69) is 0 Å². The van der Waals surface area contributed by atoms with Gasteiger partial charge < -0.3 is 19.5 Å². The maximum Gasteiger partial charge on any atom is 0.410 e. The lowest BCUT2D eigenvalue weighted by molar-refractivity contribution is -0.0902. The number of benzene rings is 2. The van der Waals surface area contributed by atoms with E-state index in [4.69, 9.17) is 9.47 Å². The van der Waals surface area contributed by atoms with Gasteiger partial charge in [0.1, 0.15) is 12.4 Å². The first kappa shape index (κ1) is 20.7. The maximum atomic E-state index is 13.0. The molecule has 30 heavy (non-hydrogen) atoms. The predicted octanol–water partition coefficient (Wildman–Crippen LogP) is 4.85. The number of methoxy groups -OCH3 is 1. The number of aliphatic hydroxyl groups is 1. The zero-order chi connectivity index (χ0) is 21.3. The van der Waals surface area contributed by atoms with Gasteiger partial charge in [0.05, 0.1) is 12.7 Å². The standard InChI is InChI=1S/C25H31NO4/c1-17-12-22(29-3)13-18(2)23(17)25(28)14-20-10-7-11-21(15-25)26(20)24(27)30-16-19-8-5-4-6-9-19/h4-6,8-9,12-13,20-21,28H,7,10-11,14-16H2,1-3H3. The molecule has 2 aliphatic heterocycles. The van der Waals surface area contributed by atoms with Gasteiger partial charge in [-0.15, -0.1) is 0 Å². The number of piperidine rings is 2. The minimum absolute atomic E-state index is 0.00771. The molecule has 5 heteroatoms. The molecule has 1 amide bonds. The Labute approximate surface area is 178 Å². The zero-order valence-electron chi connectivity index (χ0n) is 18.1. The first-order chi connectivity index (χ1) is 14.4. The summed E-state index contributed by atoms with van der Waals surface area (Å²) in [5.74, 6) is 0.805. The van der Waals surface area contributed by atoms with Gasteiger partial charge in [0.15, 0.2) is 0 Å². The number of fused-ring (bicyclic) bond motifs is 2. The van der Waals surface area contributed by atoms with Gasteiger partial charge in [-0.05, 0) is 67.5 Å². The van der Waals surface area contributed by atoms with Gasteiger partial charge in [-0.25, -0.2) is 4.79 Å². The molecule has 0 aliphatic carbocycles. The van der Waals surface area contributed by atoms with Crippen LogP contribution in [0.25, 0.3) is 0 Å². The fourth-order valence-corrected chi connectivity index (χ4v) is 5.50. The monoisotopic (exact) mass is 409 g/mol. The van der Waals surface area contributed by atoms with Crippen LogP contribution in [0.5, 0.6) is 5.75 Å². The lowest BCUT2D eigenvalue weighted by atomic mass is 9.70. The Morgan fingerprint density at radius 2 is 1.70 bits per heavy atom. The second kappa shape index (κ2) is 8.31. The summed E-state index contributed by atoms with van der Waals surface area (Å²) < 4.78 is 11.0. The number of hydrogen-bond donors (Lipinski definition) is 1. The van der Waals surface area contributed by atoms with Crippen molar-refractivity contribution in [2.75, 3.05) is 7.11 Å². The molecule has 2 unspecified atom stereocenters. The van der Waals surface area contributed by atoms with Crippen LogP contribution in [0, 0.1) is 13.8 Å². The third-order valence-electron chi connectivity index (χ3n) is 6.63. The Kier molecular flexibility index (Phi) is 5.74. The normalized spacial score (nSPS) is 25.7. The summed E-state index contributed by atoms with van der Waals surface area (Å²) >= 11 is 0. The quantitative estimate of drug-likeness (QED) is 0.784. The third-order valence-corrected chi connectivity index (χ3v) is 6.63. The van der Waals surface area contributed by atoms with E-state index >= 15 is 0 Å². The molecule has 160 valence electrons. The first-order valence-corrected chi connectivity index (χ1v) is 10.8. The van der Waals surface area contributed by atoms with Crippen molar-refractivity contribution in [1.82, 2.24) is 4.90 Å². The minimum Gasteiger partial charge on any atom is -0.497 e. The van der Waals surface area contributed by atoms with Gasteiger partial charge in [0, 0.05) is 24.9 Å². The smallest absolute Gasteiger partial charge is 0.410 e. The van der Waals surface area contributed by atoms with E-state index < -0.39 is 5.60 Å². The van der Waals surface area contributed by atoms with Crippen LogP contribution in [-0.4, -0.2) is 35.3 Å². The Morgan fingerprint density at radius 1 is 1.10 bits per heavy atom. The molecule has 0 radical (unpaired) electrons. The van der Waals surface area contributed by atoms with Crippen molar-refractivity contribution in [3.63, 3.8) is 0 Å². The number of ether oxygens (including phenoxy) is 2. The molecule has 1 N–H and O–H groups in total.